The van der Waals surface area contributed by atoms with Gasteiger partial charge in [-0.05, 0) is 43.3 Å². The average molecular weight is 548 g/mol. The highest BCUT2D eigenvalue weighted by molar-refractivity contribution is 6.10. The van der Waals surface area contributed by atoms with Crippen LogP contribution in [0.5, 0.6) is 5.75 Å². The minimum Gasteiger partial charge on any atom is -0.491 e. The van der Waals surface area contributed by atoms with Crippen LogP contribution in [0.25, 0.3) is 5.57 Å². The van der Waals surface area contributed by atoms with Gasteiger partial charge in [0.2, 0.25) is 5.91 Å². The van der Waals surface area contributed by atoms with Gasteiger partial charge in [-0.15, -0.1) is 0 Å². The number of benzene rings is 2. The molecule has 0 radical (unpaired) electrons. The Labute approximate surface area is 212 Å². The van der Waals surface area contributed by atoms with Crippen molar-refractivity contribution < 1.29 is 50.2 Å². The van der Waals surface area contributed by atoms with E-state index in [1.165, 1.54) is 0 Å². The van der Waals surface area contributed by atoms with Gasteiger partial charge in [-0.3, -0.25) is 9.59 Å². The number of amides is 2. The first-order valence-electron chi connectivity index (χ1n) is 11.3. The van der Waals surface area contributed by atoms with E-state index in [0.29, 0.717) is 23.1 Å². The number of halogens is 7. The number of carbonyl (C=O) groups excluding carboxylic acids is 2. The molecule has 1 aliphatic rings. The first kappa shape index (κ1) is 29.0. The van der Waals surface area contributed by atoms with Gasteiger partial charge in [0.15, 0.2) is 0 Å². The maximum absolute atomic E-state index is 15.1. The number of fused-ring (bicyclic) bond motifs is 1. The maximum atomic E-state index is 15.1. The molecule has 1 atom stereocenters. The fourth-order valence-electron chi connectivity index (χ4n) is 3.81. The molecular formula is C25H23F7N2O4. The zero-order chi connectivity index (χ0) is 28.3. The van der Waals surface area contributed by atoms with Gasteiger partial charge in [0, 0.05) is 36.7 Å². The molecule has 2 amide bonds. The summed E-state index contributed by atoms with van der Waals surface area (Å²) in [4.78, 5) is 26.2. The normalized spacial score (nSPS) is 17.0. The lowest BCUT2D eigenvalue weighted by molar-refractivity contribution is -0.138. The van der Waals surface area contributed by atoms with Gasteiger partial charge < -0.3 is 20.1 Å². The zero-order valence-corrected chi connectivity index (χ0v) is 19.9. The molecule has 0 bridgehead atoms. The first-order chi connectivity index (χ1) is 17.7. The number of nitrogens with one attached hydrogen (secondary N) is 1. The number of hydrogen-bond donors (Lipinski definition) is 2. The van der Waals surface area contributed by atoms with Crippen molar-refractivity contribution in [3.05, 3.63) is 65.0 Å². The van der Waals surface area contributed by atoms with Crippen molar-refractivity contribution in [2.45, 2.75) is 31.6 Å². The summed E-state index contributed by atoms with van der Waals surface area (Å²) in [5.41, 5.74) is -4.19. The molecule has 38 heavy (non-hydrogen) atoms. The van der Waals surface area contributed by atoms with Crippen LogP contribution in [-0.2, 0) is 11.0 Å². The topological polar surface area (TPSA) is 78.9 Å². The molecule has 0 spiro atoms. The fraction of sp³-hybridized carbons (Fsp3) is 0.360. The van der Waals surface area contributed by atoms with Crippen LogP contribution in [0.4, 0.5) is 36.4 Å². The molecule has 2 aromatic rings. The van der Waals surface area contributed by atoms with Crippen LogP contribution >= 0.6 is 0 Å². The zero-order valence-electron chi connectivity index (χ0n) is 19.9. The second-order valence-electron chi connectivity index (χ2n) is 8.44. The Kier molecular flexibility index (Phi) is 8.70. The monoisotopic (exact) mass is 548 g/mol. The predicted molar refractivity (Wildman–Crippen MR) is 123 cm³/mol. The van der Waals surface area contributed by atoms with E-state index < -0.39 is 84.3 Å². The van der Waals surface area contributed by atoms with E-state index in [2.05, 4.69) is 5.32 Å². The predicted octanol–water partition coefficient (Wildman–Crippen LogP) is 4.76. The number of allylic oxidation sites excluding steroid dienone is 1. The summed E-state index contributed by atoms with van der Waals surface area (Å²) in [5.74, 6) is -7.46. The molecule has 0 saturated heterocycles. The molecule has 1 aliphatic heterocycles. The van der Waals surface area contributed by atoms with Crippen LogP contribution in [0, 0.1) is 5.82 Å². The third kappa shape index (κ3) is 6.63. The van der Waals surface area contributed by atoms with Crippen LogP contribution in [-0.4, -0.2) is 55.3 Å². The lowest BCUT2D eigenvalue weighted by Crippen LogP contribution is -2.34. The number of ether oxygens (including phenoxy) is 1. The van der Waals surface area contributed by atoms with Gasteiger partial charge in [-0.2, -0.15) is 13.2 Å². The SMILES string of the molecule is C[C@H](F)COc1ccc(C(=O)N2CCC(F)(F)C(=CC(=O)NCCO)c3cc(F)ccc32)c(C(F)(F)F)c1. The molecule has 3 rings (SSSR count). The fourth-order valence-corrected chi connectivity index (χ4v) is 3.81. The molecule has 13 heteroatoms. The lowest BCUT2D eigenvalue weighted by atomic mass is 9.96. The van der Waals surface area contributed by atoms with Crippen molar-refractivity contribution in [1.82, 2.24) is 5.32 Å². The standard InChI is InChI=1S/C25H23F7N2O4/c1-14(26)13-38-16-3-4-17(20(11-16)25(30,31)32)23(37)34-8-6-24(28,29)19(12-22(36)33-7-9-35)18-10-15(27)2-5-21(18)34/h2-5,10-12,14,35H,6-9,13H2,1H3,(H,33,36)/t14-/m0/s1. The highest BCUT2D eigenvalue weighted by Gasteiger charge is 2.43. The third-order valence-electron chi connectivity index (χ3n) is 5.52. The number of alkyl halides is 6. The van der Waals surface area contributed by atoms with E-state index in [4.69, 9.17) is 9.84 Å². The van der Waals surface area contributed by atoms with Gasteiger partial charge in [-0.1, -0.05) is 0 Å². The smallest absolute Gasteiger partial charge is 0.417 e. The Balaban J connectivity index is 2.12. The molecule has 6 nitrogen and oxygen atoms in total. The van der Waals surface area contributed by atoms with Crippen molar-refractivity contribution in [2.75, 3.05) is 31.2 Å². The van der Waals surface area contributed by atoms with Crippen molar-refractivity contribution in [3.8, 4) is 5.75 Å². The highest BCUT2D eigenvalue weighted by atomic mass is 19.4. The van der Waals surface area contributed by atoms with Gasteiger partial charge in [0.05, 0.1) is 23.4 Å². The molecule has 0 fully saturated rings. The van der Waals surface area contributed by atoms with Crippen molar-refractivity contribution in [1.29, 1.82) is 0 Å². The second-order valence-corrected chi connectivity index (χ2v) is 8.44. The Morgan fingerprint density at radius 1 is 1.21 bits per heavy atom. The molecular weight excluding hydrogens is 525 g/mol. The Morgan fingerprint density at radius 2 is 1.92 bits per heavy atom. The average Bonchev–Trinajstić information content (AvgIpc) is 2.94. The van der Waals surface area contributed by atoms with E-state index in [1.54, 1.807) is 0 Å². The van der Waals surface area contributed by atoms with Crippen LogP contribution in [0.1, 0.15) is 34.8 Å². The maximum Gasteiger partial charge on any atom is 0.417 e. The number of carbonyl (C=O) groups is 2. The molecule has 1 heterocycles. The van der Waals surface area contributed by atoms with E-state index in [1.807, 2.05) is 0 Å². The van der Waals surface area contributed by atoms with Crippen LogP contribution in [0.15, 0.2) is 42.5 Å². The number of aliphatic hydroxyl groups is 1. The van der Waals surface area contributed by atoms with Gasteiger partial charge in [0.25, 0.3) is 11.8 Å². The summed E-state index contributed by atoms with van der Waals surface area (Å²) in [6, 6.07) is 4.75. The molecule has 0 saturated carbocycles. The largest absolute Gasteiger partial charge is 0.491 e. The summed E-state index contributed by atoms with van der Waals surface area (Å²) in [6.45, 7) is -0.895. The van der Waals surface area contributed by atoms with E-state index in [-0.39, 0.29) is 18.0 Å². The quantitative estimate of drug-likeness (QED) is 0.387. The summed E-state index contributed by atoms with van der Waals surface area (Å²) in [7, 11) is 0. The van der Waals surface area contributed by atoms with Gasteiger partial charge >= 0.3 is 6.18 Å². The summed E-state index contributed by atoms with van der Waals surface area (Å²) in [5, 5.41) is 11.0. The molecule has 0 aliphatic carbocycles. The number of aliphatic hydroxyl groups excluding tert-OH is 1. The third-order valence-corrected chi connectivity index (χ3v) is 5.52. The molecule has 2 aromatic carbocycles. The van der Waals surface area contributed by atoms with Gasteiger partial charge in [-0.25, -0.2) is 17.6 Å². The number of hydrogen-bond acceptors (Lipinski definition) is 4. The Morgan fingerprint density at radius 3 is 2.55 bits per heavy atom. The molecule has 2 N–H and O–H groups in total. The van der Waals surface area contributed by atoms with Crippen molar-refractivity contribution in [3.63, 3.8) is 0 Å². The summed E-state index contributed by atoms with van der Waals surface area (Å²) < 4.78 is 104. The van der Waals surface area contributed by atoms with Crippen molar-refractivity contribution in [2.24, 2.45) is 0 Å². The molecule has 0 unspecified atom stereocenters. The molecule has 206 valence electrons. The minimum atomic E-state index is -5.07. The van der Waals surface area contributed by atoms with Crippen LogP contribution < -0.4 is 15.0 Å². The van der Waals surface area contributed by atoms with Crippen molar-refractivity contribution >= 4 is 23.1 Å². The van der Waals surface area contributed by atoms with Crippen LogP contribution in [0.3, 0.4) is 0 Å². The lowest BCUT2D eigenvalue weighted by Gasteiger charge is -2.25. The second kappa shape index (κ2) is 11.4. The number of nitrogens with zero attached hydrogens (tertiary/aromatic N) is 1. The number of rotatable bonds is 7. The first-order valence-corrected chi connectivity index (χ1v) is 11.3. The van der Waals surface area contributed by atoms with E-state index in [9.17, 15) is 31.5 Å². The minimum absolute atomic E-state index is 0.251. The Hall–Kier alpha value is -3.61. The Bertz CT molecular complexity index is 1230. The number of anilines is 1. The van der Waals surface area contributed by atoms with Gasteiger partial charge in [0.1, 0.15) is 24.3 Å². The molecule has 0 aromatic heterocycles. The van der Waals surface area contributed by atoms with E-state index >= 15 is 8.78 Å². The van der Waals surface area contributed by atoms with Crippen LogP contribution in [0.2, 0.25) is 0 Å². The summed E-state index contributed by atoms with van der Waals surface area (Å²) in [6.07, 6.45) is -7.14. The summed E-state index contributed by atoms with van der Waals surface area (Å²) >= 11 is 0. The van der Waals surface area contributed by atoms with E-state index in [0.717, 1.165) is 31.2 Å². The highest BCUT2D eigenvalue weighted by Crippen LogP contribution is 2.44.